The van der Waals surface area contributed by atoms with Crippen LogP contribution in [-0.4, -0.2) is 16.9 Å². The summed E-state index contributed by atoms with van der Waals surface area (Å²) in [4.78, 5) is 0. The molecule has 0 radical (unpaired) electrons. The van der Waals surface area contributed by atoms with E-state index in [1.165, 1.54) is 0 Å². The molecule has 1 nitrogen and oxygen atoms in total. The van der Waals surface area contributed by atoms with E-state index in [0.717, 1.165) is 12.8 Å². The summed E-state index contributed by atoms with van der Waals surface area (Å²) in [6.45, 7) is 3.77. The van der Waals surface area contributed by atoms with Crippen molar-refractivity contribution in [3.05, 3.63) is 0 Å². The first-order valence-electron chi connectivity index (χ1n) is 4.44. The highest BCUT2D eigenvalue weighted by Gasteiger charge is 2.41. The fourth-order valence-electron chi connectivity index (χ4n) is 1.79. The number of aliphatic hydroxyl groups is 1. The highest BCUT2D eigenvalue weighted by Crippen LogP contribution is 2.36. The lowest BCUT2D eigenvalue weighted by Crippen LogP contribution is -2.46. The average molecular weight is 160 g/mol. The Kier molecular flexibility index (Phi) is 2.53. The van der Waals surface area contributed by atoms with E-state index in [-0.39, 0.29) is 5.92 Å². The first kappa shape index (κ1) is 8.98. The zero-order chi connectivity index (χ0) is 8.48. The quantitative estimate of drug-likeness (QED) is 0.624. The first-order valence-corrected chi connectivity index (χ1v) is 4.44. The van der Waals surface area contributed by atoms with Crippen LogP contribution in [0.5, 0.6) is 0 Å². The van der Waals surface area contributed by atoms with Crippen molar-refractivity contribution in [3.8, 4) is 0 Å². The Labute approximate surface area is 67.6 Å². The van der Waals surface area contributed by atoms with Crippen molar-refractivity contribution in [1.29, 1.82) is 0 Å². The van der Waals surface area contributed by atoms with Crippen LogP contribution in [-0.2, 0) is 0 Å². The standard InChI is InChI=1S/C9H17FO/c1-7(2)9(11)6-4-3-5-8(9)10/h7-8,11H,3-6H2,1-2H3. The Balaban J connectivity index is 2.64. The van der Waals surface area contributed by atoms with E-state index in [0.29, 0.717) is 12.8 Å². The maximum atomic E-state index is 13.2. The molecule has 1 aliphatic rings. The molecule has 2 atom stereocenters. The van der Waals surface area contributed by atoms with Crippen LogP contribution < -0.4 is 0 Å². The van der Waals surface area contributed by atoms with Gasteiger partial charge in [0, 0.05) is 0 Å². The fraction of sp³-hybridized carbons (Fsp3) is 1.00. The number of rotatable bonds is 1. The summed E-state index contributed by atoms with van der Waals surface area (Å²) in [5.41, 5.74) is -1.03. The molecule has 66 valence electrons. The molecule has 11 heavy (non-hydrogen) atoms. The topological polar surface area (TPSA) is 20.2 Å². The van der Waals surface area contributed by atoms with Crippen molar-refractivity contribution >= 4 is 0 Å². The van der Waals surface area contributed by atoms with Gasteiger partial charge in [-0.15, -0.1) is 0 Å². The third kappa shape index (κ3) is 1.56. The molecular formula is C9H17FO. The van der Waals surface area contributed by atoms with Crippen LogP contribution in [0.4, 0.5) is 4.39 Å². The molecule has 1 fully saturated rings. The number of hydrogen-bond donors (Lipinski definition) is 1. The predicted octanol–water partition coefficient (Wildman–Crippen LogP) is 2.29. The molecule has 0 heterocycles. The minimum Gasteiger partial charge on any atom is -0.387 e. The smallest absolute Gasteiger partial charge is 0.129 e. The van der Waals surface area contributed by atoms with Crippen LogP contribution >= 0.6 is 0 Å². The van der Waals surface area contributed by atoms with Crippen LogP contribution in [0.15, 0.2) is 0 Å². The third-order valence-corrected chi connectivity index (χ3v) is 2.83. The molecule has 0 saturated heterocycles. The van der Waals surface area contributed by atoms with Crippen LogP contribution in [0, 0.1) is 5.92 Å². The zero-order valence-corrected chi connectivity index (χ0v) is 7.31. The maximum Gasteiger partial charge on any atom is 0.129 e. The molecule has 0 aromatic rings. The van der Waals surface area contributed by atoms with Gasteiger partial charge in [-0.3, -0.25) is 0 Å². The fourth-order valence-corrected chi connectivity index (χ4v) is 1.79. The lowest BCUT2D eigenvalue weighted by Gasteiger charge is -2.38. The van der Waals surface area contributed by atoms with E-state index in [4.69, 9.17) is 0 Å². The Morgan fingerprint density at radius 3 is 2.45 bits per heavy atom. The van der Waals surface area contributed by atoms with Gasteiger partial charge in [0.1, 0.15) is 6.17 Å². The van der Waals surface area contributed by atoms with E-state index < -0.39 is 11.8 Å². The number of halogens is 1. The van der Waals surface area contributed by atoms with Gasteiger partial charge >= 0.3 is 0 Å². The largest absolute Gasteiger partial charge is 0.387 e. The van der Waals surface area contributed by atoms with Gasteiger partial charge in [-0.2, -0.15) is 0 Å². The number of alkyl halides is 1. The summed E-state index contributed by atoms with van der Waals surface area (Å²) >= 11 is 0. The molecule has 1 aliphatic carbocycles. The number of hydrogen-bond acceptors (Lipinski definition) is 1. The van der Waals surface area contributed by atoms with Crippen molar-refractivity contribution < 1.29 is 9.50 Å². The monoisotopic (exact) mass is 160 g/mol. The molecule has 0 aromatic carbocycles. The lowest BCUT2D eigenvalue weighted by molar-refractivity contribution is -0.0955. The summed E-state index contributed by atoms with van der Waals surface area (Å²) < 4.78 is 13.2. The highest BCUT2D eigenvalue weighted by molar-refractivity contribution is 4.92. The second kappa shape index (κ2) is 3.10. The summed E-state index contributed by atoms with van der Waals surface area (Å²) in [7, 11) is 0. The van der Waals surface area contributed by atoms with Crippen molar-refractivity contribution in [2.45, 2.75) is 51.3 Å². The summed E-state index contributed by atoms with van der Waals surface area (Å²) in [5, 5.41) is 9.84. The highest BCUT2D eigenvalue weighted by atomic mass is 19.1. The summed E-state index contributed by atoms with van der Waals surface area (Å²) in [6, 6.07) is 0. The molecule has 0 amide bonds. The molecule has 2 unspecified atom stereocenters. The molecule has 0 aliphatic heterocycles. The molecular weight excluding hydrogens is 143 g/mol. The molecule has 0 aromatic heterocycles. The summed E-state index contributed by atoms with van der Waals surface area (Å²) in [6.07, 6.45) is 2.06. The lowest BCUT2D eigenvalue weighted by atomic mass is 9.76. The van der Waals surface area contributed by atoms with Crippen LogP contribution in [0.2, 0.25) is 0 Å². The van der Waals surface area contributed by atoms with Gasteiger partial charge in [0.15, 0.2) is 0 Å². The summed E-state index contributed by atoms with van der Waals surface area (Å²) in [5.74, 6) is 0.0396. The SMILES string of the molecule is CC(C)C1(O)CCCCC1F. The van der Waals surface area contributed by atoms with E-state index >= 15 is 0 Å². The molecule has 1 saturated carbocycles. The van der Waals surface area contributed by atoms with Crippen molar-refractivity contribution in [1.82, 2.24) is 0 Å². The second-order valence-electron chi connectivity index (χ2n) is 3.86. The molecule has 1 N–H and O–H groups in total. The van der Waals surface area contributed by atoms with Gasteiger partial charge in [-0.25, -0.2) is 4.39 Å². The van der Waals surface area contributed by atoms with Gasteiger partial charge in [-0.1, -0.05) is 26.7 Å². The third-order valence-electron chi connectivity index (χ3n) is 2.83. The Morgan fingerprint density at radius 2 is 2.09 bits per heavy atom. The second-order valence-corrected chi connectivity index (χ2v) is 3.86. The average Bonchev–Trinajstić information content (AvgIpc) is 1.95. The van der Waals surface area contributed by atoms with Gasteiger partial charge < -0.3 is 5.11 Å². The Bertz CT molecular complexity index is 136. The van der Waals surface area contributed by atoms with E-state index in [1.807, 2.05) is 13.8 Å². The predicted molar refractivity (Wildman–Crippen MR) is 43.2 cm³/mol. The Morgan fingerprint density at radius 1 is 1.45 bits per heavy atom. The normalized spacial score (nSPS) is 39.5. The minimum atomic E-state index is -1.03. The van der Waals surface area contributed by atoms with Gasteiger partial charge in [0.25, 0.3) is 0 Å². The van der Waals surface area contributed by atoms with E-state index in [9.17, 15) is 9.50 Å². The maximum absolute atomic E-state index is 13.2. The first-order chi connectivity index (χ1) is 5.07. The van der Waals surface area contributed by atoms with Crippen molar-refractivity contribution in [2.75, 3.05) is 0 Å². The minimum absolute atomic E-state index is 0.0396. The van der Waals surface area contributed by atoms with E-state index in [2.05, 4.69) is 0 Å². The molecule has 0 spiro atoms. The van der Waals surface area contributed by atoms with Crippen molar-refractivity contribution in [2.24, 2.45) is 5.92 Å². The zero-order valence-electron chi connectivity index (χ0n) is 7.31. The van der Waals surface area contributed by atoms with Gasteiger partial charge in [-0.05, 0) is 18.8 Å². The molecule has 1 rings (SSSR count). The van der Waals surface area contributed by atoms with Crippen LogP contribution in [0.3, 0.4) is 0 Å². The van der Waals surface area contributed by atoms with Crippen molar-refractivity contribution in [3.63, 3.8) is 0 Å². The Hall–Kier alpha value is -0.110. The molecule has 2 heteroatoms. The van der Waals surface area contributed by atoms with Gasteiger partial charge in [0.2, 0.25) is 0 Å². The van der Waals surface area contributed by atoms with Gasteiger partial charge in [0.05, 0.1) is 5.60 Å². The molecule has 0 bridgehead atoms. The van der Waals surface area contributed by atoms with Crippen LogP contribution in [0.1, 0.15) is 39.5 Å². The van der Waals surface area contributed by atoms with E-state index in [1.54, 1.807) is 0 Å². The van der Waals surface area contributed by atoms with Crippen LogP contribution in [0.25, 0.3) is 0 Å².